The number of aliphatic hydroxyl groups is 1. The molecule has 0 unspecified atom stereocenters. The Balaban J connectivity index is 1.82. The molecule has 1 aliphatic rings. The molecule has 23 heavy (non-hydrogen) atoms. The lowest BCUT2D eigenvalue weighted by Crippen LogP contribution is -2.27. The average molecular weight is 320 g/mol. The zero-order valence-electron chi connectivity index (χ0n) is 13.7. The summed E-state index contributed by atoms with van der Waals surface area (Å²) in [6.45, 7) is 0. The molecule has 6 nitrogen and oxygen atoms in total. The largest absolute Gasteiger partial charge is 0.493 e. The molecule has 0 bridgehead atoms. The Morgan fingerprint density at radius 1 is 1.30 bits per heavy atom. The van der Waals surface area contributed by atoms with E-state index in [0.29, 0.717) is 17.9 Å². The lowest BCUT2D eigenvalue weighted by atomic mass is 9.96. The highest BCUT2D eigenvalue weighted by atomic mass is 16.5. The van der Waals surface area contributed by atoms with Gasteiger partial charge in [-0.05, 0) is 43.0 Å². The summed E-state index contributed by atoms with van der Waals surface area (Å²) >= 11 is 0. The SMILES string of the molecule is COc1ccc(C=NNC(=O)CCC2(O)CCCC2)cc1OC. The summed E-state index contributed by atoms with van der Waals surface area (Å²) in [5.41, 5.74) is 2.61. The fraction of sp³-hybridized carbons (Fsp3) is 0.529. The average Bonchev–Trinajstić information content (AvgIpc) is 3.00. The summed E-state index contributed by atoms with van der Waals surface area (Å²) in [4.78, 5) is 11.8. The highest BCUT2D eigenvalue weighted by Crippen LogP contribution is 2.33. The first kappa shape index (κ1) is 17.3. The summed E-state index contributed by atoms with van der Waals surface area (Å²) in [5.74, 6) is 1.05. The van der Waals surface area contributed by atoms with Crippen LogP contribution in [-0.2, 0) is 4.79 Å². The number of hydrazone groups is 1. The molecule has 0 saturated heterocycles. The van der Waals surface area contributed by atoms with Gasteiger partial charge in [0.15, 0.2) is 11.5 Å². The summed E-state index contributed by atoms with van der Waals surface area (Å²) in [6.07, 6.45) is 5.96. The van der Waals surface area contributed by atoms with Gasteiger partial charge in [-0.1, -0.05) is 12.8 Å². The highest BCUT2D eigenvalue weighted by molar-refractivity contribution is 5.83. The summed E-state index contributed by atoms with van der Waals surface area (Å²) in [7, 11) is 3.14. The second-order valence-corrected chi connectivity index (χ2v) is 5.84. The first-order valence-corrected chi connectivity index (χ1v) is 7.83. The van der Waals surface area contributed by atoms with Crippen molar-refractivity contribution in [1.29, 1.82) is 0 Å². The monoisotopic (exact) mass is 320 g/mol. The maximum atomic E-state index is 11.8. The van der Waals surface area contributed by atoms with Crippen LogP contribution in [0.25, 0.3) is 0 Å². The van der Waals surface area contributed by atoms with Crippen molar-refractivity contribution >= 4 is 12.1 Å². The molecule has 0 aromatic heterocycles. The standard InChI is InChI=1S/C17H24N2O4/c1-22-14-6-5-13(11-15(14)23-2)12-18-19-16(20)7-10-17(21)8-3-4-9-17/h5-6,11-12,21H,3-4,7-10H2,1-2H3,(H,19,20). The van der Waals surface area contributed by atoms with Crippen LogP contribution in [0.4, 0.5) is 0 Å². The van der Waals surface area contributed by atoms with Crippen LogP contribution in [-0.4, -0.2) is 37.0 Å². The molecule has 0 aliphatic heterocycles. The van der Waals surface area contributed by atoms with Crippen LogP contribution in [0.15, 0.2) is 23.3 Å². The van der Waals surface area contributed by atoms with Crippen LogP contribution in [0.1, 0.15) is 44.1 Å². The Morgan fingerprint density at radius 2 is 2.00 bits per heavy atom. The minimum absolute atomic E-state index is 0.193. The molecule has 0 radical (unpaired) electrons. The number of nitrogens with zero attached hydrogens (tertiary/aromatic N) is 1. The van der Waals surface area contributed by atoms with Crippen LogP contribution < -0.4 is 14.9 Å². The Hall–Kier alpha value is -2.08. The van der Waals surface area contributed by atoms with E-state index in [0.717, 1.165) is 31.2 Å². The van der Waals surface area contributed by atoms with Crippen LogP contribution in [0.5, 0.6) is 11.5 Å². The number of hydrogen-bond acceptors (Lipinski definition) is 5. The first-order valence-electron chi connectivity index (χ1n) is 7.83. The van der Waals surface area contributed by atoms with Gasteiger partial charge < -0.3 is 14.6 Å². The molecule has 0 atom stereocenters. The molecule has 1 aliphatic carbocycles. The lowest BCUT2D eigenvalue weighted by Gasteiger charge is -2.20. The van der Waals surface area contributed by atoms with Crippen LogP contribution >= 0.6 is 0 Å². The van der Waals surface area contributed by atoms with Crippen molar-refractivity contribution in [3.05, 3.63) is 23.8 Å². The van der Waals surface area contributed by atoms with Gasteiger partial charge in [-0.15, -0.1) is 0 Å². The molecule has 2 N–H and O–H groups in total. The fourth-order valence-corrected chi connectivity index (χ4v) is 2.80. The van der Waals surface area contributed by atoms with E-state index in [-0.39, 0.29) is 12.3 Å². The second kappa shape index (κ2) is 7.97. The van der Waals surface area contributed by atoms with E-state index in [2.05, 4.69) is 10.5 Å². The molecule has 1 aromatic rings. The molecule has 126 valence electrons. The van der Waals surface area contributed by atoms with Crippen molar-refractivity contribution in [1.82, 2.24) is 5.43 Å². The van der Waals surface area contributed by atoms with E-state index in [1.165, 1.54) is 0 Å². The van der Waals surface area contributed by atoms with Gasteiger partial charge in [0.1, 0.15) is 0 Å². The van der Waals surface area contributed by atoms with Crippen LogP contribution in [0, 0.1) is 0 Å². The molecule has 1 fully saturated rings. The van der Waals surface area contributed by atoms with E-state index >= 15 is 0 Å². The van der Waals surface area contributed by atoms with Gasteiger partial charge in [-0.25, -0.2) is 5.43 Å². The van der Waals surface area contributed by atoms with Gasteiger partial charge in [0.05, 0.1) is 26.0 Å². The number of hydrogen-bond donors (Lipinski definition) is 2. The number of amides is 1. The highest BCUT2D eigenvalue weighted by Gasteiger charge is 2.31. The quantitative estimate of drug-likeness (QED) is 0.596. The number of benzene rings is 1. The summed E-state index contributed by atoms with van der Waals surface area (Å²) in [5, 5.41) is 14.1. The van der Waals surface area contributed by atoms with E-state index in [4.69, 9.17) is 9.47 Å². The first-order chi connectivity index (χ1) is 11.1. The molecular formula is C17H24N2O4. The van der Waals surface area contributed by atoms with Crippen LogP contribution in [0.3, 0.4) is 0 Å². The topological polar surface area (TPSA) is 80.2 Å². The number of carbonyl (C=O) groups is 1. The normalized spacial score (nSPS) is 16.5. The molecular weight excluding hydrogens is 296 g/mol. The van der Waals surface area contributed by atoms with Gasteiger partial charge in [-0.2, -0.15) is 5.10 Å². The predicted molar refractivity (Wildman–Crippen MR) is 87.9 cm³/mol. The van der Waals surface area contributed by atoms with Crippen molar-refractivity contribution < 1.29 is 19.4 Å². The Labute approximate surface area is 136 Å². The molecule has 1 aromatic carbocycles. The molecule has 1 saturated carbocycles. The van der Waals surface area contributed by atoms with Crippen molar-refractivity contribution in [3.63, 3.8) is 0 Å². The third-order valence-corrected chi connectivity index (χ3v) is 4.16. The van der Waals surface area contributed by atoms with Crippen molar-refractivity contribution in [3.8, 4) is 11.5 Å². The Kier molecular flexibility index (Phi) is 5.98. The maximum absolute atomic E-state index is 11.8. The Bertz CT molecular complexity index is 566. The molecule has 1 amide bonds. The smallest absolute Gasteiger partial charge is 0.240 e. The summed E-state index contributed by atoms with van der Waals surface area (Å²) in [6, 6.07) is 5.37. The van der Waals surface area contributed by atoms with E-state index < -0.39 is 5.60 Å². The minimum atomic E-state index is -0.662. The third-order valence-electron chi connectivity index (χ3n) is 4.16. The van der Waals surface area contributed by atoms with Crippen molar-refractivity contribution in [2.24, 2.45) is 5.10 Å². The van der Waals surface area contributed by atoms with E-state index in [9.17, 15) is 9.90 Å². The van der Waals surface area contributed by atoms with Crippen molar-refractivity contribution in [2.75, 3.05) is 14.2 Å². The molecule has 0 heterocycles. The van der Waals surface area contributed by atoms with Crippen LogP contribution in [0.2, 0.25) is 0 Å². The van der Waals surface area contributed by atoms with E-state index in [1.54, 1.807) is 32.6 Å². The number of rotatable bonds is 7. The van der Waals surface area contributed by atoms with Crippen molar-refractivity contribution in [2.45, 2.75) is 44.1 Å². The Morgan fingerprint density at radius 3 is 2.65 bits per heavy atom. The van der Waals surface area contributed by atoms with Gasteiger partial charge in [-0.3, -0.25) is 4.79 Å². The number of ether oxygens (including phenoxy) is 2. The zero-order chi connectivity index (χ0) is 16.7. The van der Waals surface area contributed by atoms with Gasteiger partial charge >= 0.3 is 0 Å². The third kappa shape index (κ3) is 4.96. The van der Waals surface area contributed by atoms with Gasteiger partial charge in [0.25, 0.3) is 0 Å². The number of nitrogens with one attached hydrogen (secondary N) is 1. The molecule has 6 heteroatoms. The summed E-state index contributed by atoms with van der Waals surface area (Å²) < 4.78 is 10.4. The second-order valence-electron chi connectivity index (χ2n) is 5.84. The maximum Gasteiger partial charge on any atom is 0.240 e. The molecule has 2 rings (SSSR count). The van der Waals surface area contributed by atoms with Gasteiger partial charge in [0.2, 0.25) is 5.91 Å². The fourth-order valence-electron chi connectivity index (χ4n) is 2.80. The lowest BCUT2D eigenvalue weighted by molar-refractivity contribution is -0.122. The minimum Gasteiger partial charge on any atom is -0.493 e. The number of methoxy groups -OCH3 is 2. The predicted octanol–water partition coefficient (Wildman–Crippen LogP) is 2.24. The van der Waals surface area contributed by atoms with Gasteiger partial charge in [0, 0.05) is 6.42 Å². The molecule has 0 spiro atoms. The van der Waals surface area contributed by atoms with E-state index in [1.807, 2.05) is 6.07 Å². The zero-order valence-corrected chi connectivity index (χ0v) is 13.7. The number of carbonyl (C=O) groups excluding carboxylic acids is 1.